The Kier molecular flexibility index (Phi) is 7.47. The summed E-state index contributed by atoms with van der Waals surface area (Å²) in [6.45, 7) is -0.233. The van der Waals surface area contributed by atoms with E-state index in [1.807, 2.05) is 0 Å². The first-order valence-corrected chi connectivity index (χ1v) is 10.3. The lowest BCUT2D eigenvalue weighted by Gasteiger charge is -2.26. The van der Waals surface area contributed by atoms with E-state index in [4.69, 9.17) is 14.7 Å². The number of carboxylic acids is 1. The molecule has 0 aliphatic heterocycles. The number of halogens is 3. The van der Waals surface area contributed by atoms with Gasteiger partial charge in [0.1, 0.15) is 18.5 Å². The van der Waals surface area contributed by atoms with Crippen molar-refractivity contribution in [2.45, 2.75) is 43.6 Å². The molecule has 3 rings (SSSR count). The zero-order chi connectivity index (χ0) is 23.4. The molecule has 176 valence electrons. The molecule has 1 fully saturated rings. The van der Waals surface area contributed by atoms with E-state index >= 15 is 0 Å². The number of benzene rings is 1. The van der Waals surface area contributed by atoms with Crippen LogP contribution in [0, 0.1) is 11.8 Å². The Bertz CT molecular complexity index is 871. The molecule has 1 aromatic rings. The van der Waals surface area contributed by atoms with Crippen molar-refractivity contribution in [2.75, 3.05) is 13.2 Å². The lowest BCUT2D eigenvalue weighted by atomic mass is 9.87. The maximum absolute atomic E-state index is 12.8. The molecule has 1 aromatic carbocycles. The molecule has 1 unspecified atom stereocenters. The Labute approximate surface area is 183 Å². The van der Waals surface area contributed by atoms with Crippen LogP contribution in [0.2, 0.25) is 0 Å². The van der Waals surface area contributed by atoms with E-state index in [1.165, 1.54) is 18.2 Å². The second-order valence-corrected chi connectivity index (χ2v) is 8.02. The monoisotopic (exact) mass is 457 g/mol. The molecule has 0 saturated heterocycles. The van der Waals surface area contributed by atoms with Crippen molar-refractivity contribution in [1.29, 1.82) is 0 Å². The number of hydrogen-bond donors (Lipinski definition) is 4. The van der Waals surface area contributed by atoms with Gasteiger partial charge in [-0.15, -0.1) is 0 Å². The summed E-state index contributed by atoms with van der Waals surface area (Å²) in [4.78, 5) is 15.6. The number of carbonyl (C=O) groups is 1. The van der Waals surface area contributed by atoms with Crippen LogP contribution in [0.25, 0.3) is 0 Å². The van der Waals surface area contributed by atoms with Crippen molar-refractivity contribution in [3.8, 4) is 5.75 Å². The second-order valence-electron chi connectivity index (χ2n) is 8.02. The van der Waals surface area contributed by atoms with E-state index < -0.39 is 29.4 Å². The Morgan fingerprint density at radius 3 is 2.84 bits per heavy atom. The molecular weight excluding hydrogens is 431 g/mol. The standard InChI is InChI=1S/C22H26F3NO6/c23-22(24,25)16-2-1-3-19(11-16)31-13-18(27)7-6-14-4-5-15-10-17(12-21(14,15)30)26-32-9-8-20(28)29/h1-3,6-7,11-12,14-15,18,26-27,30H,4-5,8-10,13H2,(H,28,29)/t14-,15+,18?,21+/m0/s1. The van der Waals surface area contributed by atoms with Crippen LogP contribution in [-0.4, -0.2) is 46.2 Å². The molecular formula is C22H26F3NO6. The highest BCUT2D eigenvalue weighted by Crippen LogP contribution is 2.49. The number of hydrogen-bond acceptors (Lipinski definition) is 6. The molecule has 0 spiro atoms. The highest BCUT2D eigenvalue weighted by atomic mass is 19.4. The zero-order valence-corrected chi connectivity index (χ0v) is 17.2. The number of fused-ring (bicyclic) bond motifs is 1. The maximum atomic E-state index is 12.8. The summed E-state index contributed by atoms with van der Waals surface area (Å²) in [7, 11) is 0. The summed E-state index contributed by atoms with van der Waals surface area (Å²) in [5.41, 5.74) is 1.42. The number of alkyl halides is 3. The van der Waals surface area contributed by atoms with E-state index in [0.717, 1.165) is 18.6 Å². The van der Waals surface area contributed by atoms with Gasteiger partial charge < -0.3 is 20.1 Å². The third kappa shape index (κ3) is 6.02. The number of rotatable bonds is 10. The molecule has 32 heavy (non-hydrogen) atoms. The first-order valence-electron chi connectivity index (χ1n) is 10.3. The number of aliphatic hydroxyl groups is 2. The van der Waals surface area contributed by atoms with Crippen molar-refractivity contribution in [1.82, 2.24) is 5.48 Å². The van der Waals surface area contributed by atoms with E-state index in [2.05, 4.69) is 5.48 Å². The van der Waals surface area contributed by atoms with Crippen molar-refractivity contribution in [3.63, 3.8) is 0 Å². The summed E-state index contributed by atoms with van der Waals surface area (Å²) in [5.74, 6) is -1.25. The molecule has 10 heteroatoms. The third-order valence-corrected chi connectivity index (χ3v) is 5.71. The summed E-state index contributed by atoms with van der Waals surface area (Å²) >= 11 is 0. The number of ether oxygens (including phenoxy) is 1. The average Bonchev–Trinajstić information content (AvgIpc) is 3.20. The first kappa shape index (κ1) is 24.1. The molecule has 4 atom stereocenters. The van der Waals surface area contributed by atoms with Gasteiger partial charge in [-0.25, -0.2) is 0 Å². The predicted octanol–water partition coefficient (Wildman–Crippen LogP) is 3.04. The van der Waals surface area contributed by atoms with Crippen LogP contribution in [0.3, 0.4) is 0 Å². The summed E-state index contributed by atoms with van der Waals surface area (Å²) in [6.07, 6.45) is 1.21. The topological polar surface area (TPSA) is 108 Å². The van der Waals surface area contributed by atoms with Crippen molar-refractivity contribution >= 4 is 5.97 Å². The first-order chi connectivity index (χ1) is 15.1. The van der Waals surface area contributed by atoms with Gasteiger partial charge in [-0.05, 0) is 49.5 Å². The van der Waals surface area contributed by atoms with E-state index in [9.17, 15) is 28.2 Å². The van der Waals surface area contributed by atoms with Crippen LogP contribution >= 0.6 is 0 Å². The quantitative estimate of drug-likeness (QED) is 0.243. The third-order valence-electron chi connectivity index (χ3n) is 5.71. The SMILES string of the molecule is O=C(O)CCONC1=C[C@]2(O)[C@H](CC[C@H]2C=CC(O)COc2cccc(C(F)(F)F)c2)C1. The second kappa shape index (κ2) is 9.93. The molecule has 2 aliphatic rings. The average molecular weight is 457 g/mol. The van der Waals surface area contributed by atoms with Crippen molar-refractivity contribution in [3.05, 3.63) is 53.8 Å². The van der Waals surface area contributed by atoms with E-state index in [0.29, 0.717) is 18.5 Å². The molecule has 1 saturated carbocycles. The minimum atomic E-state index is -4.48. The number of carboxylic acid groups (broad SMARTS) is 1. The summed E-state index contributed by atoms with van der Waals surface area (Å²) in [5, 5.41) is 29.9. The fourth-order valence-corrected chi connectivity index (χ4v) is 4.11. The molecule has 2 aliphatic carbocycles. The van der Waals surface area contributed by atoms with Crippen LogP contribution in [0.15, 0.2) is 48.2 Å². The van der Waals surface area contributed by atoms with Crippen LogP contribution in [0.4, 0.5) is 13.2 Å². The van der Waals surface area contributed by atoms with Gasteiger partial charge in [0.15, 0.2) is 0 Å². The Morgan fingerprint density at radius 1 is 1.34 bits per heavy atom. The van der Waals surface area contributed by atoms with Crippen molar-refractivity contribution in [2.24, 2.45) is 11.8 Å². The summed E-state index contributed by atoms with van der Waals surface area (Å²) < 4.78 is 43.6. The Balaban J connectivity index is 1.52. The largest absolute Gasteiger partial charge is 0.491 e. The van der Waals surface area contributed by atoms with Gasteiger partial charge in [-0.2, -0.15) is 13.2 Å². The molecule has 0 bridgehead atoms. The number of allylic oxidation sites excluding steroid dienone is 1. The summed E-state index contributed by atoms with van der Waals surface area (Å²) in [6, 6.07) is 4.43. The van der Waals surface area contributed by atoms with Gasteiger partial charge in [0.25, 0.3) is 0 Å². The molecule has 0 aromatic heterocycles. The van der Waals surface area contributed by atoms with Gasteiger partial charge in [0.2, 0.25) is 0 Å². The maximum Gasteiger partial charge on any atom is 0.416 e. The van der Waals surface area contributed by atoms with Crippen LogP contribution in [0.5, 0.6) is 5.75 Å². The van der Waals surface area contributed by atoms with Crippen LogP contribution < -0.4 is 10.2 Å². The fraction of sp³-hybridized carbons (Fsp3) is 0.500. The van der Waals surface area contributed by atoms with Gasteiger partial charge >= 0.3 is 12.1 Å². The predicted molar refractivity (Wildman–Crippen MR) is 107 cm³/mol. The lowest BCUT2D eigenvalue weighted by molar-refractivity contribution is -0.139. The normalized spacial score (nSPS) is 26.1. The van der Waals surface area contributed by atoms with Gasteiger partial charge in [0.05, 0.1) is 24.2 Å². The minimum Gasteiger partial charge on any atom is -0.491 e. The van der Waals surface area contributed by atoms with Gasteiger partial charge in [-0.1, -0.05) is 18.2 Å². The van der Waals surface area contributed by atoms with Crippen LogP contribution in [-0.2, 0) is 15.8 Å². The highest BCUT2D eigenvalue weighted by Gasteiger charge is 2.50. The lowest BCUT2D eigenvalue weighted by Crippen LogP contribution is -2.34. The number of aliphatic hydroxyl groups excluding tert-OH is 1. The van der Waals surface area contributed by atoms with Crippen molar-refractivity contribution < 1.29 is 42.9 Å². The molecule has 7 nitrogen and oxygen atoms in total. The molecule has 0 amide bonds. The Morgan fingerprint density at radius 2 is 2.12 bits per heavy atom. The molecule has 4 N–H and O–H groups in total. The zero-order valence-electron chi connectivity index (χ0n) is 17.2. The molecule has 0 heterocycles. The minimum absolute atomic E-state index is 0.00281. The number of nitrogens with one attached hydrogen (secondary N) is 1. The van der Waals surface area contributed by atoms with Crippen LogP contribution in [0.1, 0.15) is 31.2 Å². The van der Waals surface area contributed by atoms with E-state index in [-0.39, 0.29) is 37.2 Å². The number of aliphatic carboxylic acids is 1. The smallest absolute Gasteiger partial charge is 0.416 e. The molecule has 0 radical (unpaired) electrons. The Hall–Kier alpha value is -2.56. The highest BCUT2D eigenvalue weighted by molar-refractivity contribution is 5.66. The fourth-order valence-electron chi connectivity index (χ4n) is 4.11. The van der Waals surface area contributed by atoms with Gasteiger partial charge in [-0.3, -0.25) is 15.1 Å². The van der Waals surface area contributed by atoms with E-state index in [1.54, 1.807) is 12.2 Å². The number of hydroxylamine groups is 1. The van der Waals surface area contributed by atoms with Gasteiger partial charge in [0, 0.05) is 11.6 Å².